The largest absolute Gasteiger partial charge is 0.483 e. The van der Waals surface area contributed by atoms with E-state index in [1.165, 1.54) is 11.3 Å². The molecule has 1 amide bonds. The second-order valence-electron chi connectivity index (χ2n) is 5.19. The second kappa shape index (κ2) is 6.68. The van der Waals surface area contributed by atoms with Crippen LogP contribution in [0.25, 0.3) is 10.2 Å². The number of thiazole rings is 1. The molecular weight excluding hydrogens is 376 g/mol. The van der Waals surface area contributed by atoms with Gasteiger partial charge in [-0.15, -0.1) is 0 Å². The lowest BCUT2D eigenvalue weighted by molar-refractivity contribution is -0.118. The molecule has 1 N–H and O–H groups in total. The number of ether oxygens (including phenoxy) is 1. The first kappa shape index (κ1) is 16.0. The van der Waals surface area contributed by atoms with E-state index < -0.39 is 0 Å². The van der Waals surface area contributed by atoms with Gasteiger partial charge in [-0.2, -0.15) is 0 Å². The molecule has 1 aromatic heterocycles. The van der Waals surface area contributed by atoms with Crippen LogP contribution in [0.5, 0.6) is 5.75 Å². The number of carbonyl (C=O) groups is 1. The van der Waals surface area contributed by atoms with Gasteiger partial charge in [0.25, 0.3) is 5.91 Å². The number of fused-ring (bicyclic) bond motifs is 1. The second-order valence-corrected chi connectivity index (χ2v) is 7.08. The van der Waals surface area contributed by atoms with Gasteiger partial charge in [0.1, 0.15) is 5.75 Å². The number of nitrogens with one attached hydrogen (secondary N) is 1. The Kier molecular flexibility index (Phi) is 4.63. The van der Waals surface area contributed by atoms with Gasteiger partial charge >= 0.3 is 0 Å². The van der Waals surface area contributed by atoms with E-state index in [4.69, 9.17) is 4.74 Å². The number of amides is 1. The molecule has 3 rings (SSSR count). The molecule has 0 saturated heterocycles. The Morgan fingerprint density at radius 1 is 1.26 bits per heavy atom. The Morgan fingerprint density at radius 2 is 2.04 bits per heavy atom. The molecule has 0 aliphatic rings. The number of aromatic nitrogens is 1. The SMILES string of the molecule is Cc1cc(OCC(=O)Nc2nc3ccccc3s2)c(C)cc1Br. The van der Waals surface area contributed by atoms with E-state index in [2.05, 4.69) is 26.2 Å². The van der Waals surface area contributed by atoms with Crippen molar-refractivity contribution >= 4 is 48.5 Å². The summed E-state index contributed by atoms with van der Waals surface area (Å²) >= 11 is 4.93. The summed E-state index contributed by atoms with van der Waals surface area (Å²) in [5.41, 5.74) is 2.93. The lowest BCUT2D eigenvalue weighted by atomic mass is 10.1. The zero-order chi connectivity index (χ0) is 16.4. The Labute approximate surface area is 146 Å². The molecule has 23 heavy (non-hydrogen) atoms. The fraction of sp³-hybridized carbons (Fsp3) is 0.176. The number of aryl methyl sites for hydroxylation is 2. The van der Waals surface area contributed by atoms with Gasteiger partial charge in [0.2, 0.25) is 0 Å². The Hall–Kier alpha value is -1.92. The summed E-state index contributed by atoms with van der Waals surface area (Å²) in [6.07, 6.45) is 0. The maximum atomic E-state index is 12.0. The third kappa shape index (κ3) is 3.71. The number of para-hydroxylation sites is 1. The predicted octanol–water partition coefficient (Wildman–Crippen LogP) is 4.69. The van der Waals surface area contributed by atoms with Crippen molar-refractivity contribution in [2.75, 3.05) is 11.9 Å². The number of benzene rings is 2. The van der Waals surface area contributed by atoms with Gasteiger partial charge in [0.15, 0.2) is 11.7 Å². The standard InChI is InChI=1S/C17H15BrN2O2S/c1-10-8-14(11(2)7-12(10)18)22-9-16(21)20-17-19-13-5-3-4-6-15(13)23-17/h3-8H,9H2,1-2H3,(H,19,20,21). The van der Waals surface area contributed by atoms with Gasteiger partial charge in [0, 0.05) is 4.47 Å². The van der Waals surface area contributed by atoms with E-state index >= 15 is 0 Å². The maximum Gasteiger partial charge on any atom is 0.264 e. The summed E-state index contributed by atoms with van der Waals surface area (Å²) in [4.78, 5) is 16.4. The Morgan fingerprint density at radius 3 is 2.83 bits per heavy atom. The van der Waals surface area contributed by atoms with Crippen LogP contribution in [0.4, 0.5) is 5.13 Å². The minimum Gasteiger partial charge on any atom is -0.483 e. The minimum atomic E-state index is -0.218. The summed E-state index contributed by atoms with van der Waals surface area (Å²) in [6, 6.07) is 11.7. The average Bonchev–Trinajstić information content (AvgIpc) is 2.91. The van der Waals surface area contributed by atoms with Crippen molar-refractivity contribution in [3.05, 3.63) is 52.0 Å². The average molecular weight is 391 g/mol. The number of hydrogen-bond acceptors (Lipinski definition) is 4. The molecule has 1 heterocycles. The first-order chi connectivity index (χ1) is 11.0. The normalized spacial score (nSPS) is 10.7. The van der Waals surface area contributed by atoms with Crippen LogP contribution in [-0.4, -0.2) is 17.5 Å². The molecule has 0 atom stereocenters. The summed E-state index contributed by atoms with van der Waals surface area (Å²) in [5.74, 6) is 0.495. The van der Waals surface area contributed by atoms with Crippen molar-refractivity contribution in [3.63, 3.8) is 0 Å². The first-order valence-corrected chi connectivity index (χ1v) is 8.69. The zero-order valence-corrected chi connectivity index (χ0v) is 15.1. The minimum absolute atomic E-state index is 0.0438. The monoisotopic (exact) mass is 390 g/mol. The molecule has 0 spiro atoms. The fourth-order valence-electron chi connectivity index (χ4n) is 2.13. The van der Waals surface area contributed by atoms with E-state index in [0.29, 0.717) is 10.9 Å². The third-order valence-electron chi connectivity index (χ3n) is 3.36. The lowest BCUT2D eigenvalue weighted by Gasteiger charge is -2.10. The highest BCUT2D eigenvalue weighted by atomic mass is 79.9. The van der Waals surface area contributed by atoms with Crippen LogP contribution in [0.2, 0.25) is 0 Å². The molecule has 3 aromatic rings. The van der Waals surface area contributed by atoms with E-state index in [0.717, 1.165) is 25.8 Å². The van der Waals surface area contributed by atoms with E-state index in [-0.39, 0.29) is 12.5 Å². The molecule has 0 saturated carbocycles. The van der Waals surface area contributed by atoms with Gasteiger partial charge in [0.05, 0.1) is 10.2 Å². The number of halogens is 1. The van der Waals surface area contributed by atoms with Crippen LogP contribution in [0, 0.1) is 13.8 Å². The van der Waals surface area contributed by atoms with Crippen molar-refractivity contribution in [2.24, 2.45) is 0 Å². The fourth-order valence-corrected chi connectivity index (χ4v) is 3.47. The topological polar surface area (TPSA) is 51.2 Å². The van der Waals surface area contributed by atoms with Gasteiger partial charge in [-0.25, -0.2) is 4.98 Å². The third-order valence-corrected chi connectivity index (χ3v) is 5.16. The van der Waals surface area contributed by atoms with Gasteiger partial charge in [-0.3, -0.25) is 10.1 Å². The molecule has 0 aliphatic heterocycles. The molecular formula is C17H15BrN2O2S. The molecule has 0 bridgehead atoms. The van der Waals surface area contributed by atoms with Crippen LogP contribution < -0.4 is 10.1 Å². The molecule has 0 radical (unpaired) electrons. The van der Waals surface area contributed by atoms with Crippen molar-refractivity contribution in [1.82, 2.24) is 4.98 Å². The number of hydrogen-bond donors (Lipinski definition) is 1. The predicted molar refractivity (Wildman–Crippen MR) is 97.4 cm³/mol. The van der Waals surface area contributed by atoms with Crippen molar-refractivity contribution in [2.45, 2.75) is 13.8 Å². The van der Waals surface area contributed by atoms with Crippen LogP contribution in [0.15, 0.2) is 40.9 Å². The zero-order valence-electron chi connectivity index (χ0n) is 12.7. The van der Waals surface area contributed by atoms with Crippen molar-refractivity contribution < 1.29 is 9.53 Å². The molecule has 0 fully saturated rings. The molecule has 4 nitrogen and oxygen atoms in total. The van der Waals surface area contributed by atoms with Crippen LogP contribution in [0.3, 0.4) is 0 Å². The quantitative estimate of drug-likeness (QED) is 0.702. The molecule has 6 heteroatoms. The molecule has 0 aliphatic carbocycles. The number of rotatable bonds is 4. The van der Waals surface area contributed by atoms with E-state index in [1.807, 2.05) is 50.2 Å². The van der Waals surface area contributed by atoms with Crippen LogP contribution in [-0.2, 0) is 4.79 Å². The van der Waals surface area contributed by atoms with Crippen LogP contribution >= 0.6 is 27.3 Å². The smallest absolute Gasteiger partial charge is 0.264 e. The van der Waals surface area contributed by atoms with Crippen LogP contribution in [0.1, 0.15) is 11.1 Å². The van der Waals surface area contributed by atoms with E-state index in [1.54, 1.807) is 0 Å². The lowest BCUT2D eigenvalue weighted by Crippen LogP contribution is -2.20. The number of anilines is 1. The van der Waals surface area contributed by atoms with E-state index in [9.17, 15) is 4.79 Å². The van der Waals surface area contributed by atoms with Gasteiger partial charge in [-0.1, -0.05) is 39.4 Å². The van der Waals surface area contributed by atoms with Crippen molar-refractivity contribution in [1.29, 1.82) is 0 Å². The highest BCUT2D eigenvalue weighted by molar-refractivity contribution is 9.10. The Bertz CT molecular complexity index is 843. The highest BCUT2D eigenvalue weighted by Gasteiger charge is 2.10. The van der Waals surface area contributed by atoms with Crippen molar-refractivity contribution in [3.8, 4) is 5.75 Å². The summed E-state index contributed by atoms with van der Waals surface area (Å²) in [5, 5.41) is 3.37. The number of carbonyl (C=O) groups excluding carboxylic acids is 1. The Balaban J connectivity index is 1.64. The first-order valence-electron chi connectivity index (χ1n) is 7.08. The summed E-state index contributed by atoms with van der Waals surface area (Å²) in [7, 11) is 0. The maximum absolute atomic E-state index is 12.0. The summed E-state index contributed by atoms with van der Waals surface area (Å²) in [6.45, 7) is 3.89. The molecule has 118 valence electrons. The molecule has 2 aromatic carbocycles. The van der Waals surface area contributed by atoms with Gasteiger partial charge in [-0.05, 0) is 49.2 Å². The highest BCUT2D eigenvalue weighted by Crippen LogP contribution is 2.27. The molecule has 0 unspecified atom stereocenters. The van der Waals surface area contributed by atoms with Gasteiger partial charge < -0.3 is 4.74 Å². The number of nitrogens with zero attached hydrogens (tertiary/aromatic N) is 1. The summed E-state index contributed by atoms with van der Waals surface area (Å²) < 4.78 is 7.70.